The van der Waals surface area contributed by atoms with Gasteiger partial charge in [-0.05, 0) is 12.1 Å². The standard InChI is InChI=1S/C12H13N5O2/c1-18-7-6-11-13-12(19-15-11)8-17-10-5-3-2-4-9(10)14-16-17/h2-5H,6-8H2,1H3. The Morgan fingerprint density at radius 3 is 3.11 bits per heavy atom. The number of ether oxygens (including phenoxy) is 1. The first-order valence-electron chi connectivity index (χ1n) is 5.95. The Kier molecular flexibility index (Phi) is 3.20. The van der Waals surface area contributed by atoms with Crippen LogP contribution in [0.1, 0.15) is 11.7 Å². The van der Waals surface area contributed by atoms with Gasteiger partial charge >= 0.3 is 0 Å². The summed E-state index contributed by atoms with van der Waals surface area (Å²) in [7, 11) is 1.64. The quantitative estimate of drug-likeness (QED) is 0.681. The number of methoxy groups -OCH3 is 1. The Labute approximate surface area is 109 Å². The molecule has 98 valence electrons. The Balaban J connectivity index is 1.79. The van der Waals surface area contributed by atoms with Crippen molar-refractivity contribution in [1.29, 1.82) is 0 Å². The van der Waals surface area contributed by atoms with E-state index in [0.29, 0.717) is 31.3 Å². The lowest BCUT2D eigenvalue weighted by atomic mass is 10.3. The summed E-state index contributed by atoms with van der Waals surface area (Å²) in [4.78, 5) is 4.28. The molecule has 2 heterocycles. The van der Waals surface area contributed by atoms with Gasteiger partial charge in [-0.2, -0.15) is 4.98 Å². The fourth-order valence-corrected chi connectivity index (χ4v) is 1.81. The van der Waals surface area contributed by atoms with Gasteiger partial charge in [0, 0.05) is 13.5 Å². The average Bonchev–Trinajstić information content (AvgIpc) is 3.05. The summed E-state index contributed by atoms with van der Waals surface area (Å²) in [5.74, 6) is 1.16. The van der Waals surface area contributed by atoms with Gasteiger partial charge in [0.25, 0.3) is 0 Å². The predicted molar refractivity (Wildman–Crippen MR) is 66.5 cm³/mol. The van der Waals surface area contributed by atoms with Crippen LogP contribution in [0.4, 0.5) is 0 Å². The van der Waals surface area contributed by atoms with E-state index in [1.54, 1.807) is 11.8 Å². The molecule has 3 aromatic rings. The molecule has 0 spiro atoms. The van der Waals surface area contributed by atoms with Gasteiger partial charge in [0.15, 0.2) is 5.82 Å². The topological polar surface area (TPSA) is 78.9 Å². The molecule has 3 rings (SSSR count). The van der Waals surface area contributed by atoms with Gasteiger partial charge in [0.05, 0.1) is 12.1 Å². The second kappa shape index (κ2) is 5.15. The SMILES string of the molecule is COCCc1noc(Cn2nnc3ccccc32)n1. The first kappa shape index (κ1) is 11.8. The highest BCUT2D eigenvalue weighted by Gasteiger charge is 2.10. The number of benzene rings is 1. The maximum atomic E-state index is 5.18. The molecule has 1 aromatic carbocycles. The molecule has 0 bridgehead atoms. The van der Waals surface area contributed by atoms with Gasteiger partial charge in [-0.3, -0.25) is 0 Å². The third kappa shape index (κ3) is 2.45. The van der Waals surface area contributed by atoms with Crippen molar-refractivity contribution in [2.45, 2.75) is 13.0 Å². The number of fused-ring (bicyclic) bond motifs is 1. The number of aromatic nitrogens is 5. The molecule has 0 saturated heterocycles. The molecular weight excluding hydrogens is 246 g/mol. The van der Waals surface area contributed by atoms with Crippen LogP contribution >= 0.6 is 0 Å². The average molecular weight is 259 g/mol. The molecule has 0 radical (unpaired) electrons. The molecule has 7 heteroatoms. The van der Waals surface area contributed by atoms with E-state index in [2.05, 4.69) is 20.5 Å². The van der Waals surface area contributed by atoms with Crippen molar-refractivity contribution in [3.63, 3.8) is 0 Å². The van der Waals surface area contributed by atoms with Gasteiger partial charge in [-0.1, -0.05) is 22.5 Å². The largest absolute Gasteiger partial charge is 0.384 e. The van der Waals surface area contributed by atoms with E-state index in [1.165, 1.54) is 0 Å². The van der Waals surface area contributed by atoms with Crippen LogP contribution in [-0.4, -0.2) is 38.9 Å². The van der Waals surface area contributed by atoms with E-state index in [0.717, 1.165) is 11.0 Å². The highest BCUT2D eigenvalue weighted by atomic mass is 16.5. The van der Waals surface area contributed by atoms with Gasteiger partial charge in [0.2, 0.25) is 5.89 Å². The van der Waals surface area contributed by atoms with Crippen molar-refractivity contribution >= 4 is 11.0 Å². The third-order valence-corrected chi connectivity index (χ3v) is 2.75. The van der Waals surface area contributed by atoms with E-state index in [9.17, 15) is 0 Å². The Morgan fingerprint density at radius 1 is 1.32 bits per heavy atom. The fraction of sp³-hybridized carbons (Fsp3) is 0.333. The van der Waals surface area contributed by atoms with Gasteiger partial charge in [-0.15, -0.1) is 5.10 Å². The van der Waals surface area contributed by atoms with Crippen LogP contribution in [0.5, 0.6) is 0 Å². The zero-order valence-corrected chi connectivity index (χ0v) is 10.5. The fourth-order valence-electron chi connectivity index (χ4n) is 1.81. The minimum Gasteiger partial charge on any atom is -0.384 e. The molecule has 0 aliphatic heterocycles. The van der Waals surface area contributed by atoms with Crippen LogP contribution in [0.15, 0.2) is 28.8 Å². The highest BCUT2D eigenvalue weighted by Crippen LogP contribution is 2.11. The molecule has 0 amide bonds. The zero-order valence-electron chi connectivity index (χ0n) is 10.5. The van der Waals surface area contributed by atoms with Crippen LogP contribution < -0.4 is 0 Å². The van der Waals surface area contributed by atoms with Crippen LogP contribution in [0.2, 0.25) is 0 Å². The molecule has 19 heavy (non-hydrogen) atoms. The van der Waals surface area contributed by atoms with E-state index in [-0.39, 0.29) is 0 Å². The lowest BCUT2D eigenvalue weighted by Gasteiger charge is -1.96. The summed E-state index contributed by atoms with van der Waals surface area (Å²) < 4.78 is 11.9. The Hall–Kier alpha value is -2.28. The smallest absolute Gasteiger partial charge is 0.248 e. The van der Waals surface area contributed by atoms with Crippen LogP contribution in [0, 0.1) is 0 Å². The summed E-state index contributed by atoms with van der Waals surface area (Å²) in [6.07, 6.45) is 0.637. The third-order valence-electron chi connectivity index (χ3n) is 2.75. The summed E-state index contributed by atoms with van der Waals surface area (Å²) >= 11 is 0. The highest BCUT2D eigenvalue weighted by molar-refractivity contribution is 5.73. The van der Waals surface area contributed by atoms with Crippen LogP contribution in [0.3, 0.4) is 0 Å². The molecule has 0 fully saturated rings. The first-order chi connectivity index (χ1) is 9.36. The summed E-state index contributed by atoms with van der Waals surface area (Å²) in [6.45, 7) is 0.992. The second-order valence-electron chi connectivity index (χ2n) is 4.08. The number of para-hydroxylation sites is 1. The van der Waals surface area contributed by atoms with Crippen molar-refractivity contribution in [2.24, 2.45) is 0 Å². The van der Waals surface area contributed by atoms with Gasteiger partial charge in [-0.25, -0.2) is 4.68 Å². The monoisotopic (exact) mass is 259 g/mol. The lowest BCUT2D eigenvalue weighted by molar-refractivity contribution is 0.199. The number of hydrogen-bond donors (Lipinski definition) is 0. The summed E-state index contributed by atoms with van der Waals surface area (Å²) in [6, 6.07) is 7.74. The Bertz CT molecular complexity index is 675. The van der Waals surface area contributed by atoms with Crippen LogP contribution in [0.25, 0.3) is 11.0 Å². The molecular formula is C12H13N5O2. The number of nitrogens with zero attached hydrogens (tertiary/aromatic N) is 5. The van der Waals surface area contributed by atoms with Crippen LogP contribution in [-0.2, 0) is 17.7 Å². The maximum Gasteiger partial charge on any atom is 0.248 e. The minimum absolute atomic E-state index is 0.417. The van der Waals surface area contributed by atoms with Gasteiger partial charge in [0.1, 0.15) is 12.1 Å². The van der Waals surface area contributed by atoms with Crippen molar-refractivity contribution in [3.05, 3.63) is 36.0 Å². The maximum absolute atomic E-state index is 5.18. The van der Waals surface area contributed by atoms with Gasteiger partial charge < -0.3 is 9.26 Å². The normalized spacial score (nSPS) is 11.2. The molecule has 7 nitrogen and oxygen atoms in total. The molecule has 0 unspecified atom stereocenters. The first-order valence-corrected chi connectivity index (χ1v) is 5.95. The summed E-state index contributed by atoms with van der Waals surface area (Å²) in [5.41, 5.74) is 1.79. The molecule has 0 N–H and O–H groups in total. The van der Waals surface area contributed by atoms with E-state index in [1.807, 2.05) is 24.3 Å². The van der Waals surface area contributed by atoms with Crippen molar-refractivity contribution < 1.29 is 9.26 Å². The van der Waals surface area contributed by atoms with Crippen molar-refractivity contribution in [1.82, 2.24) is 25.1 Å². The molecule has 2 aromatic heterocycles. The second-order valence-corrected chi connectivity index (χ2v) is 4.08. The summed E-state index contributed by atoms with van der Waals surface area (Å²) in [5, 5.41) is 12.0. The number of rotatable bonds is 5. The zero-order chi connectivity index (χ0) is 13.1. The van der Waals surface area contributed by atoms with E-state index >= 15 is 0 Å². The van der Waals surface area contributed by atoms with Crippen molar-refractivity contribution in [3.8, 4) is 0 Å². The van der Waals surface area contributed by atoms with Crippen molar-refractivity contribution in [2.75, 3.05) is 13.7 Å². The minimum atomic E-state index is 0.417. The molecule has 0 aliphatic rings. The Morgan fingerprint density at radius 2 is 2.21 bits per heavy atom. The predicted octanol–water partition coefficient (Wildman–Crippen LogP) is 1.05. The lowest BCUT2D eigenvalue weighted by Crippen LogP contribution is -2.02. The van der Waals surface area contributed by atoms with E-state index < -0.39 is 0 Å². The molecule has 0 atom stereocenters. The molecule has 0 aliphatic carbocycles. The number of hydrogen-bond acceptors (Lipinski definition) is 6. The molecule has 0 saturated carbocycles. The van der Waals surface area contributed by atoms with E-state index in [4.69, 9.17) is 9.26 Å².